The minimum atomic E-state index is -4.05. The van der Waals surface area contributed by atoms with Gasteiger partial charge in [0.25, 0.3) is 14.4 Å². The second kappa shape index (κ2) is 7.29. The van der Waals surface area contributed by atoms with Gasteiger partial charge in [-0.1, -0.05) is 11.3 Å². The van der Waals surface area contributed by atoms with E-state index in [1.807, 2.05) is 0 Å². The van der Waals surface area contributed by atoms with Crippen molar-refractivity contribution in [1.82, 2.24) is 10.2 Å². The van der Waals surface area contributed by atoms with Crippen LogP contribution in [0.3, 0.4) is 0 Å². The van der Waals surface area contributed by atoms with Crippen molar-refractivity contribution < 1.29 is 22.7 Å². The van der Waals surface area contributed by atoms with Gasteiger partial charge in [0.1, 0.15) is 5.00 Å². The van der Waals surface area contributed by atoms with Gasteiger partial charge in [0, 0.05) is 11.8 Å². The molecule has 1 aliphatic rings. The van der Waals surface area contributed by atoms with E-state index in [4.69, 9.17) is 4.74 Å². The highest BCUT2D eigenvalue weighted by molar-refractivity contribution is 7.94. The predicted molar refractivity (Wildman–Crippen MR) is 97.3 cm³/mol. The Hall–Kier alpha value is -2.05. The predicted octanol–water partition coefficient (Wildman–Crippen LogP) is 2.02. The number of nitrogens with zero attached hydrogens (tertiary/aromatic N) is 2. The molecule has 1 amide bonds. The third-order valence-electron chi connectivity index (χ3n) is 3.71. The zero-order valence-corrected chi connectivity index (χ0v) is 16.4. The molecule has 0 saturated carbocycles. The quantitative estimate of drug-likeness (QED) is 0.564. The summed E-state index contributed by atoms with van der Waals surface area (Å²) in [5.74, 6) is -0.949. The third-order valence-corrected chi connectivity index (χ3v) is 7.60. The first-order chi connectivity index (χ1) is 12.3. The molecule has 0 unspecified atom stereocenters. The highest BCUT2D eigenvalue weighted by atomic mass is 32.2. The van der Waals surface area contributed by atoms with Gasteiger partial charge in [0.05, 0.1) is 12.7 Å². The van der Waals surface area contributed by atoms with Gasteiger partial charge in [0.15, 0.2) is 0 Å². The summed E-state index contributed by atoms with van der Waals surface area (Å²) in [6, 6.07) is 0. The number of sulfonamides is 1. The fourth-order valence-corrected chi connectivity index (χ4v) is 6.17. The lowest BCUT2D eigenvalue weighted by atomic mass is 9.95. The maximum atomic E-state index is 12.6. The largest absolute Gasteiger partial charge is 0.465 e. The number of anilines is 2. The van der Waals surface area contributed by atoms with E-state index >= 15 is 0 Å². The molecule has 0 fully saturated rings. The Morgan fingerprint density at radius 1 is 1.15 bits per heavy atom. The number of methoxy groups -OCH3 is 1. The third kappa shape index (κ3) is 3.71. The lowest BCUT2D eigenvalue weighted by Crippen LogP contribution is -2.15. The summed E-state index contributed by atoms with van der Waals surface area (Å²) in [6.07, 6.45) is 3.45. The van der Waals surface area contributed by atoms with E-state index < -0.39 is 16.0 Å². The summed E-state index contributed by atoms with van der Waals surface area (Å²) in [4.78, 5) is 24.2. The number of rotatable bonds is 5. The minimum Gasteiger partial charge on any atom is -0.465 e. The van der Waals surface area contributed by atoms with Crippen molar-refractivity contribution in [3.63, 3.8) is 0 Å². The van der Waals surface area contributed by atoms with E-state index in [9.17, 15) is 18.0 Å². The fourth-order valence-electron chi connectivity index (χ4n) is 2.64. The first-order valence-corrected chi connectivity index (χ1v) is 10.8. The van der Waals surface area contributed by atoms with Crippen molar-refractivity contribution in [3.05, 3.63) is 16.0 Å². The average Bonchev–Trinajstić information content (AvgIpc) is 3.17. The average molecular weight is 417 g/mol. The van der Waals surface area contributed by atoms with Crippen LogP contribution in [0.5, 0.6) is 0 Å². The number of fused-ring (bicyclic) bond motifs is 1. The topological polar surface area (TPSA) is 127 Å². The first kappa shape index (κ1) is 18.7. The number of nitrogens with one attached hydrogen (secondary N) is 2. The van der Waals surface area contributed by atoms with E-state index in [0.29, 0.717) is 6.42 Å². The van der Waals surface area contributed by atoms with Crippen LogP contribution >= 0.6 is 22.7 Å². The molecule has 2 N–H and O–H groups in total. The molecule has 2 aromatic rings. The maximum absolute atomic E-state index is 12.6. The molecule has 0 aliphatic heterocycles. The Bertz CT molecular complexity index is 963. The Morgan fingerprint density at radius 3 is 2.58 bits per heavy atom. The molecule has 0 bridgehead atoms. The molecular formula is C14H16N4O5S3. The van der Waals surface area contributed by atoms with Crippen molar-refractivity contribution in [2.24, 2.45) is 0 Å². The van der Waals surface area contributed by atoms with E-state index in [0.717, 1.165) is 41.0 Å². The number of hydrogen-bond donors (Lipinski definition) is 2. The molecule has 2 heterocycles. The number of aryl methyl sites for hydroxylation is 1. The number of thiophene rings is 1. The Kier molecular flexibility index (Phi) is 5.25. The van der Waals surface area contributed by atoms with Crippen LogP contribution in [0.15, 0.2) is 4.34 Å². The summed E-state index contributed by atoms with van der Waals surface area (Å²) in [5.41, 5.74) is 1.12. The van der Waals surface area contributed by atoms with Gasteiger partial charge >= 0.3 is 5.97 Å². The minimum absolute atomic E-state index is 0.0801. The summed E-state index contributed by atoms with van der Waals surface area (Å²) >= 11 is 1.97. The van der Waals surface area contributed by atoms with Crippen LogP contribution in [0.4, 0.5) is 10.1 Å². The zero-order chi connectivity index (χ0) is 18.9. The molecule has 3 rings (SSSR count). The van der Waals surface area contributed by atoms with Crippen LogP contribution in [-0.4, -0.2) is 37.6 Å². The molecular weight excluding hydrogens is 400 g/mol. The van der Waals surface area contributed by atoms with E-state index in [-0.39, 0.29) is 25.9 Å². The number of esters is 1. The van der Waals surface area contributed by atoms with E-state index in [1.165, 1.54) is 25.4 Å². The van der Waals surface area contributed by atoms with E-state index in [2.05, 4.69) is 20.2 Å². The van der Waals surface area contributed by atoms with Gasteiger partial charge in [-0.3, -0.25) is 9.52 Å². The summed E-state index contributed by atoms with van der Waals surface area (Å²) in [5, 5.41) is 9.92. The Morgan fingerprint density at radius 2 is 1.88 bits per heavy atom. The highest BCUT2D eigenvalue weighted by Crippen LogP contribution is 2.39. The molecule has 0 spiro atoms. The van der Waals surface area contributed by atoms with Crippen LogP contribution in [-0.2, 0) is 32.4 Å². The van der Waals surface area contributed by atoms with Crippen molar-refractivity contribution >= 4 is 54.7 Å². The monoisotopic (exact) mass is 416 g/mol. The number of ether oxygens (including phenoxy) is 1. The number of hydrogen-bond acceptors (Lipinski definition) is 9. The Balaban J connectivity index is 1.94. The van der Waals surface area contributed by atoms with Crippen LogP contribution in [0, 0.1) is 0 Å². The standard InChI is InChI=1S/C14H16N4O5S3/c1-7(19)15-13-16-17-14(25-13)26(21,22)18-11-10(12(20)23-2)8-5-3-4-6-9(8)24-11/h18H,3-6H2,1-2H3,(H,15,16,19). The lowest BCUT2D eigenvalue weighted by molar-refractivity contribution is -0.114. The Labute approximate surface area is 157 Å². The number of amides is 1. The summed E-state index contributed by atoms with van der Waals surface area (Å²) < 4.78 is 32.2. The SMILES string of the molecule is COC(=O)c1c(NS(=O)(=O)c2nnc(NC(C)=O)s2)sc2c1CCCC2. The van der Waals surface area contributed by atoms with Crippen molar-refractivity contribution in [2.75, 3.05) is 17.1 Å². The summed E-state index contributed by atoms with van der Waals surface area (Å²) in [7, 11) is -2.78. The second-order valence-corrected chi connectivity index (χ2v) is 9.51. The number of carbonyl (C=O) groups excluding carboxylic acids is 2. The lowest BCUT2D eigenvalue weighted by Gasteiger charge is -2.11. The van der Waals surface area contributed by atoms with Gasteiger partial charge in [-0.2, -0.15) is 8.42 Å². The number of aromatic nitrogens is 2. The van der Waals surface area contributed by atoms with Crippen molar-refractivity contribution in [1.29, 1.82) is 0 Å². The molecule has 12 heteroatoms. The van der Waals surface area contributed by atoms with Gasteiger partial charge in [-0.15, -0.1) is 21.5 Å². The molecule has 0 aromatic carbocycles. The molecule has 1 aliphatic carbocycles. The van der Waals surface area contributed by atoms with Gasteiger partial charge in [-0.05, 0) is 31.2 Å². The normalized spacial score (nSPS) is 13.8. The van der Waals surface area contributed by atoms with E-state index in [1.54, 1.807) is 0 Å². The molecule has 0 saturated heterocycles. The fraction of sp³-hybridized carbons (Fsp3) is 0.429. The highest BCUT2D eigenvalue weighted by Gasteiger charge is 2.30. The molecule has 9 nitrogen and oxygen atoms in total. The van der Waals surface area contributed by atoms with Crippen molar-refractivity contribution in [3.8, 4) is 0 Å². The molecule has 0 atom stereocenters. The van der Waals surface area contributed by atoms with Gasteiger partial charge in [-0.25, -0.2) is 4.79 Å². The van der Waals surface area contributed by atoms with Crippen molar-refractivity contribution in [2.45, 2.75) is 36.9 Å². The van der Waals surface area contributed by atoms with Crippen LogP contribution < -0.4 is 10.0 Å². The zero-order valence-electron chi connectivity index (χ0n) is 14.0. The first-order valence-electron chi connectivity index (χ1n) is 7.68. The molecule has 26 heavy (non-hydrogen) atoms. The maximum Gasteiger partial charge on any atom is 0.341 e. The molecule has 0 radical (unpaired) electrons. The van der Waals surface area contributed by atoms with Crippen LogP contribution in [0.1, 0.15) is 40.6 Å². The molecule has 2 aromatic heterocycles. The number of carbonyl (C=O) groups is 2. The smallest absolute Gasteiger partial charge is 0.341 e. The summed E-state index contributed by atoms with van der Waals surface area (Å²) in [6.45, 7) is 1.28. The second-order valence-electron chi connectivity index (χ2n) is 5.57. The van der Waals surface area contributed by atoms with Crippen LogP contribution in [0.2, 0.25) is 0 Å². The molecule has 140 valence electrons. The van der Waals surface area contributed by atoms with Gasteiger partial charge in [0.2, 0.25) is 11.0 Å². The van der Waals surface area contributed by atoms with Gasteiger partial charge < -0.3 is 10.1 Å². The van der Waals surface area contributed by atoms with Crippen LogP contribution in [0.25, 0.3) is 0 Å².